The summed E-state index contributed by atoms with van der Waals surface area (Å²) in [6.45, 7) is -3.54. The van der Waals surface area contributed by atoms with Crippen LogP contribution in [0.3, 0.4) is 0 Å². The van der Waals surface area contributed by atoms with E-state index >= 15 is 0 Å². The zero-order valence-electron chi connectivity index (χ0n) is 21.3. The van der Waals surface area contributed by atoms with Gasteiger partial charge in [0.05, 0.1) is 49.1 Å². The van der Waals surface area contributed by atoms with Gasteiger partial charge in [-0.15, -0.1) is 10.2 Å². The molecule has 0 spiro atoms. The molecule has 21 heteroatoms. The number of rotatable bonds is 6. The Kier molecular flexibility index (Phi) is 9.93. The first-order valence-corrected chi connectivity index (χ1v) is 14.4. The molecule has 0 saturated heterocycles. The Balaban J connectivity index is 0.000000235. The average Bonchev–Trinajstić information content (AvgIpc) is 3.31. The molecule has 0 aliphatic carbocycles. The van der Waals surface area contributed by atoms with Gasteiger partial charge in [-0.25, -0.2) is 27.1 Å². The van der Waals surface area contributed by atoms with Crippen LogP contribution in [0.4, 0.5) is 28.9 Å². The molecule has 2 heterocycles. The number of alkyl halides is 4. The van der Waals surface area contributed by atoms with Crippen LogP contribution >= 0.6 is 46.4 Å². The Labute approximate surface area is 253 Å². The van der Waals surface area contributed by atoms with Crippen molar-refractivity contribution in [2.24, 2.45) is 0 Å². The Hall–Kier alpha value is -3.25. The summed E-state index contributed by atoms with van der Waals surface area (Å²) in [5.41, 5.74) is 3.58. The molecule has 0 radical (unpaired) electrons. The van der Waals surface area contributed by atoms with Crippen molar-refractivity contribution in [2.75, 3.05) is 16.7 Å². The van der Waals surface area contributed by atoms with E-state index in [0.29, 0.717) is 4.68 Å². The van der Waals surface area contributed by atoms with Gasteiger partial charge in [-0.3, -0.25) is 4.72 Å². The lowest BCUT2D eigenvalue weighted by Crippen LogP contribution is -2.25. The molecule has 0 aliphatic rings. The van der Waals surface area contributed by atoms with Crippen LogP contribution in [-0.4, -0.2) is 43.4 Å². The molecule has 0 bridgehead atoms. The third kappa shape index (κ3) is 7.03. The third-order valence-electron chi connectivity index (χ3n) is 5.21. The lowest BCUT2D eigenvalue weighted by molar-refractivity contribution is 0.0634. The maximum Gasteiger partial charge on any atom is 0.355 e. The number of nitrogens with one attached hydrogen (secondary N) is 1. The van der Waals surface area contributed by atoms with Crippen LogP contribution in [0.1, 0.15) is 24.7 Å². The van der Waals surface area contributed by atoms with Crippen LogP contribution in [0.25, 0.3) is 11.4 Å². The minimum atomic E-state index is -3.65. The Bertz CT molecular complexity index is 1890. The van der Waals surface area contributed by atoms with Crippen molar-refractivity contribution in [3.05, 3.63) is 77.0 Å². The number of nitrogens with two attached hydrogens (primary N) is 1. The van der Waals surface area contributed by atoms with Crippen LogP contribution in [0.2, 0.25) is 20.1 Å². The number of halogens is 8. The second-order valence-corrected chi connectivity index (χ2v) is 11.6. The standard InChI is InChI=1S/C11H10Cl2F2N4O3S.C10H8Cl2F2N4O/c1-5-16-19(11(20)18(5)10(14)15)9-4-8(17-23(2,21)22)6(12)3-7(9)13;1-4-16-18(10(19)17(4)9(13)14)8-3-7(15)5(11)2-6(8)12/h3-4,10,17H,1-2H3;2-3,9H,15H2,1H3. The summed E-state index contributed by atoms with van der Waals surface area (Å²) in [5, 5.41) is 7.65. The van der Waals surface area contributed by atoms with E-state index in [2.05, 4.69) is 14.9 Å². The number of nitrogens with zero attached hydrogens (tertiary/aromatic N) is 6. The maximum atomic E-state index is 12.8. The van der Waals surface area contributed by atoms with Crippen LogP contribution in [0.15, 0.2) is 33.9 Å². The van der Waals surface area contributed by atoms with Crippen LogP contribution in [0, 0.1) is 13.8 Å². The summed E-state index contributed by atoms with van der Waals surface area (Å²) in [6, 6.07) is 4.93. The molecule has 3 N–H and O–H groups in total. The zero-order chi connectivity index (χ0) is 31.8. The summed E-state index contributed by atoms with van der Waals surface area (Å²) in [6.07, 6.45) is 0.902. The van der Waals surface area contributed by atoms with E-state index < -0.39 is 34.5 Å². The molecule has 2 aromatic heterocycles. The second-order valence-electron chi connectivity index (χ2n) is 8.26. The first-order valence-electron chi connectivity index (χ1n) is 11.0. The van der Waals surface area contributed by atoms with E-state index in [1.807, 2.05) is 0 Å². The van der Waals surface area contributed by atoms with Gasteiger partial charge in [0.1, 0.15) is 11.6 Å². The van der Waals surface area contributed by atoms with Crippen molar-refractivity contribution < 1.29 is 26.0 Å². The Morgan fingerprint density at radius 1 is 0.762 bits per heavy atom. The van der Waals surface area contributed by atoms with Gasteiger partial charge in [0.2, 0.25) is 10.0 Å². The molecule has 12 nitrogen and oxygen atoms in total. The summed E-state index contributed by atoms with van der Waals surface area (Å²) in [5.74, 6) is -0.363. The van der Waals surface area contributed by atoms with Crippen LogP contribution < -0.4 is 21.8 Å². The Morgan fingerprint density at radius 3 is 1.55 bits per heavy atom. The minimum absolute atomic E-state index is 0.0257. The lowest BCUT2D eigenvalue weighted by atomic mass is 10.3. The molecular weight excluding hydrogens is 678 g/mol. The largest absolute Gasteiger partial charge is 0.397 e. The molecule has 2 aromatic carbocycles. The van der Waals surface area contributed by atoms with Crippen molar-refractivity contribution in [3.8, 4) is 11.4 Å². The van der Waals surface area contributed by atoms with Gasteiger partial charge in [0, 0.05) is 0 Å². The highest BCUT2D eigenvalue weighted by molar-refractivity contribution is 7.92. The number of anilines is 2. The molecule has 0 atom stereocenters. The number of nitrogen functional groups attached to an aromatic ring is 1. The molecule has 4 aromatic rings. The summed E-state index contributed by atoms with van der Waals surface area (Å²) in [7, 11) is -3.65. The topological polar surface area (TPSA) is 152 Å². The average molecular weight is 696 g/mol. The lowest BCUT2D eigenvalue weighted by Gasteiger charge is -2.10. The van der Waals surface area contributed by atoms with E-state index in [1.54, 1.807) is 0 Å². The highest BCUT2D eigenvalue weighted by atomic mass is 35.5. The molecule has 0 unspecified atom stereocenters. The van der Waals surface area contributed by atoms with Crippen molar-refractivity contribution in [1.29, 1.82) is 0 Å². The van der Waals surface area contributed by atoms with Crippen molar-refractivity contribution in [3.63, 3.8) is 0 Å². The second kappa shape index (κ2) is 12.5. The molecule has 228 valence electrons. The van der Waals surface area contributed by atoms with Gasteiger partial charge >= 0.3 is 24.5 Å². The van der Waals surface area contributed by atoms with Gasteiger partial charge in [0.15, 0.2) is 0 Å². The van der Waals surface area contributed by atoms with E-state index in [9.17, 15) is 35.6 Å². The van der Waals surface area contributed by atoms with Crippen molar-refractivity contribution >= 4 is 67.8 Å². The van der Waals surface area contributed by atoms with Gasteiger partial charge in [-0.1, -0.05) is 46.4 Å². The van der Waals surface area contributed by atoms with Crippen molar-refractivity contribution in [1.82, 2.24) is 28.7 Å². The van der Waals surface area contributed by atoms with E-state index in [-0.39, 0.29) is 63.6 Å². The fourth-order valence-corrected chi connectivity index (χ4v) is 5.01. The van der Waals surface area contributed by atoms with E-state index in [4.69, 9.17) is 52.1 Å². The van der Waals surface area contributed by atoms with E-state index in [0.717, 1.165) is 17.0 Å². The summed E-state index contributed by atoms with van der Waals surface area (Å²) >= 11 is 23.5. The van der Waals surface area contributed by atoms with Gasteiger partial charge < -0.3 is 5.73 Å². The SMILES string of the molecule is Cc1nn(-c2cc(N)c(Cl)cc2Cl)c(=O)n1C(F)F.Cc1nn(-c2cc(NS(C)(=O)=O)c(Cl)cc2Cl)c(=O)n1C(F)F. The predicted molar refractivity (Wildman–Crippen MR) is 151 cm³/mol. The van der Waals surface area contributed by atoms with Crippen LogP contribution in [-0.2, 0) is 10.0 Å². The molecule has 4 rings (SSSR count). The number of aromatic nitrogens is 6. The molecule has 42 heavy (non-hydrogen) atoms. The van der Waals surface area contributed by atoms with Gasteiger partial charge in [0.25, 0.3) is 0 Å². The highest BCUT2D eigenvalue weighted by Gasteiger charge is 2.22. The summed E-state index contributed by atoms with van der Waals surface area (Å²) < 4.78 is 77.7. The number of aryl methyl sites for hydroxylation is 2. The van der Waals surface area contributed by atoms with Gasteiger partial charge in [-0.05, 0) is 38.1 Å². The highest BCUT2D eigenvalue weighted by Crippen LogP contribution is 2.32. The number of hydrogen-bond donors (Lipinski definition) is 2. The molecule has 0 fully saturated rings. The first-order chi connectivity index (χ1) is 19.3. The smallest absolute Gasteiger partial charge is 0.355 e. The normalized spacial score (nSPS) is 11.6. The number of sulfonamides is 1. The molecule has 0 aliphatic heterocycles. The number of hydrogen-bond acceptors (Lipinski definition) is 7. The monoisotopic (exact) mass is 694 g/mol. The zero-order valence-corrected chi connectivity index (χ0v) is 25.1. The quantitative estimate of drug-likeness (QED) is 0.212. The molecule has 0 saturated carbocycles. The fraction of sp³-hybridized carbons (Fsp3) is 0.238. The molecular formula is C21H18Cl4F4N8O4S. The van der Waals surface area contributed by atoms with E-state index in [1.165, 1.54) is 32.0 Å². The van der Waals surface area contributed by atoms with Gasteiger partial charge in [-0.2, -0.15) is 26.9 Å². The molecule has 0 amide bonds. The maximum absolute atomic E-state index is 12.8. The van der Waals surface area contributed by atoms with Crippen molar-refractivity contribution in [2.45, 2.75) is 26.9 Å². The first kappa shape index (κ1) is 33.3. The number of benzene rings is 2. The van der Waals surface area contributed by atoms with Crippen LogP contribution in [0.5, 0.6) is 0 Å². The third-order valence-corrected chi connectivity index (χ3v) is 7.04. The summed E-state index contributed by atoms with van der Waals surface area (Å²) in [4.78, 5) is 23.8. The fourth-order valence-electron chi connectivity index (χ4n) is 3.41. The predicted octanol–water partition coefficient (Wildman–Crippen LogP) is 5.04. The Morgan fingerprint density at radius 2 is 1.17 bits per heavy atom. The minimum Gasteiger partial charge on any atom is -0.397 e.